The molecule has 0 aromatic carbocycles. The third kappa shape index (κ3) is 3.71. The Morgan fingerprint density at radius 3 is 2.43 bits per heavy atom. The molecule has 8 heteroatoms. The largest absolute Gasteiger partial charge is 0.481 e. The Morgan fingerprint density at radius 2 is 1.95 bits per heavy atom. The minimum absolute atomic E-state index is 0.0613. The van der Waals surface area contributed by atoms with E-state index in [-0.39, 0.29) is 19.0 Å². The molecular weight excluding hydrogens is 278 g/mol. The SMILES string of the molecule is CC(C)C(CNC(=O)N1CC(=O)NC(=O)C1(C)C)C(=O)O. The van der Waals surface area contributed by atoms with Gasteiger partial charge in [-0.3, -0.25) is 19.7 Å². The first-order chi connectivity index (χ1) is 9.57. The van der Waals surface area contributed by atoms with E-state index in [0.29, 0.717) is 0 Å². The van der Waals surface area contributed by atoms with Gasteiger partial charge < -0.3 is 15.3 Å². The molecule has 1 heterocycles. The quantitative estimate of drug-likeness (QED) is 0.621. The third-order valence-corrected chi connectivity index (χ3v) is 3.63. The van der Waals surface area contributed by atoms with Crippen LogP contribution in [0.15, 0.2) is 0 Å². The van der Waals surface area contributed by atoms with E-state index in [4.69, 9.17) is 5.11 Å². The first kappa shape index (κ1) is 16.9. The molecule has 118 valence electrons. The van der Waals surface area contributed by atoms with Crippen molar-refractivity contribution in [2.45, 2.75) is 33.2 Å². The van der Waals surface area contributed by atoms with E-state index in [1.807, 2.05) is 0 Å². The molecule has 0 radical (unpaired) electrons. The molecule has 21 heavy (non-hydrogen) atoms. The summed E-state index contributed by atoms with van der Waals surface area (Å²) < 4.78 is 0. The van der Waals surface area contributed by atoms with Crippen molar-refractivity contribution in [3.8, 4) is 0 Å². The molecule has 1 saturated heterocycles. The maximum Gasteiger partial charge on any atom is 0.318 e. The van der Waals surface area contributed by atoms with E-state index >= 15 is 0 Å². The molecule has 1 atom stereocenters. The molecule has 1 fully saturated rings. The molecule has 0 spiro atoms. The molecule has 1 rings (SSSR count). The number of carboxylic acid groups (broad SMARTS) is 1. The molecule has 1 aliphatic heterocycles. The van der Waals surface area contributed by atoms with Gasteiger partial charge in [-0.1, -0.05) is 13.8 Å². The summed E-state index contributed by atoms with van der Waals surface area (Å²) in [6.07, 6.45) is 0. The van der Waals surface area contributed by atoms with Crippen molar-refractivity contribution in [3.63, 3.8) is 0 Å². The van der Waals surface area contributed by atoms with Crippen molar-refractivity contribution in [2.24, 2.45) is 11.8 Å². The van der Waals surface area contributed by atoms with Gasteiger partial charge in [0, 0.05) is 6.54 Å². The van der Waals surface area contributed by atoms with Crippen molar-refractivity contribution >= 4 is 23.8 Å². The van der Waals surface area contributed by atoms with Crippen LogP contribution >= 0.6 is 0 Å². The van der Waals surface area contributed by atoms with Crippen molar-refractivity contribution in [2.75, 3.05) is 13.1 Å². The summed E-state index contributed by atoms with van der Waals surface area (Å²) >= 11 is 0. The number of imide groups is 1. The van der Waals surface area contributed by atoms with Crippen LogP contribution in [-0.2, 0) is 14.4 Å². The van der Waals surface area contributed by atoms with Gasteiger partial charge >= 0.3 is 12.0 Å². The predicted octanol–water partition coefficient (Wildman–Crippen LogP) is -0.210. The lowest BCUT2D eigenvalue weighted by Crippen LogP contribution is -2.67. The Labute approximate surface area is 122 Å². The molecule has 0 aliphatic carbocycles. The van der Waals surface area contributed by atoms with Gasteiger partial charge in [0.15, 0.2) is 0 Å². The molecule has 1 aliphatic rings. The number of piperazine rings is 1. The minimum Gasteiger partial charge on any atom is -0.481 e. The number of nitrogens with zero attached hydrogens (tertiary/aromatic N) is 1. The van der Waals surface area contributed by atoms with Crippen molar-refractivity contribution in [1.29, 1.82) is 0 Å². The summed E-state index contributed by atoms with van der Waals surface area (Å²) in [6, 6.07) is -0.630. The van der Waals surface area contributed by atoms with E-state index in [0.717, 1.165) is 4.90 Å². The van der Waals surface area contributed by atoms with Gasteiger partial charge in [-0.2, -0.15) is 0 Å². The zero-order valence-corrected chi connectivity index (χ0v) is 12.6. The maximum absolute atomic E-state index is 12.1. The predicted molar refractivity (Wildman–Crippen MR) is 73.3 cm³/mol. The van der Waals surface area contributed by atoms with E-state index in [1.54, 1.807) is 13.8 Å². The Kier molecular flexibility index (Phi) is 4.93. The highest BCUT2D eigenvalue weighted by Gasteiger charge is 2.43. The highest BCUT2D eigenvalue weighted by Crippen LogP contribution is 2.18. The van der Waals surface area contributed by atoms with Crippen molar-refractivity contribution in [3.05, 3.63) is 0 Å². The summed E-state index contributed by atoms with van der Waals surface area (Å²) in [5.74, 6) is -3.01. The number of carboxylic acids is 1. The highest BCUT2D eigenvalue weighted by atomic mass is 16.4. The van der Waals surface area contributed by atoms with Crippen LogP contribution in [0.4, 0.5) is 4.79 Å². The van der Waals surface area contributed by atoms with Crippen molar-refractivity contribution in [1.82, 2.24) is 15.5 Å². The molecule has 3 N–H and O–H groups in total. The van der Waals surface area contributed by atoms with Crippen LogP contribution < -0.4 is 10.6 Å². The number of aliphatic carboxylic acids is 1. The fourth-order valence-corrected chi connectivity index (χ4v) is 2.01. The van der Waals surface area contributed by atoms with Crippen LogP contribution in [0, 0.1) is 11.8 Å². The number of urea groups is 1. The molecule has 0 aromatic rings. The first-order valence-corrected chi connectivity index (χ1v) is 6.70. The minimum atomic E-state index is -1.17. The maximum atomic E-state index is 12.1. The average Bonchev–Trinajstić information content (AvgIpc) is 2.33. The lowest BCUT2D eigenvalue weighted by atomic mass is 9.96. The fraction of sp³-hybridized carbons (Fsp3) is 0.692. The molecule has 0 aromatic heterocycles. The zero-order chi connectivity index (χ0) is 16.4. The van der Waals surface area contributed by atoms with Gasteiger partial charge in [-0.25, -0.2) is 4.79 Å². The number of hydrogen-bond acceptors (Lipinski definition) is 4. The standard InChI is InChI=1S/C13H21N3O5/c1-7(2)8(10(18)19)5-14-12(21)16-6-9(17)15-11(20)13(16,3)4/h7-8H,5-6H2,1-4H3,(H,14,21)(H,18,19)(H,15,17,20). The fourth-order valence-electron chi connectivity index (χ4n) is 2.01. The number of carbonyl (C=O) groups excluding carboxylic acids is 3. The normalized spacial score (nSPS) is 19.2. The lowest BCUT2D eigenvalue weighted by molar-refractivity contribution is -0.144. The third-order valence-electron chi connectivity index (χ3n) is 3.63. The second kappa shape index (κ2) is 6.11. The summed E-state index contributed by atoms with van der Waals surface area (Å²) in [7, 11) is 0. The molecule has 8 nitrogen and oxygen atoms in total. The summed E-state index contributed by atoms with van der Waals surface area (Å²) in [5.41, 5.74) is -1.17. The Hall–Kier alpha value is -2.12. The first-order valence-electron chi connectivity index (χ1n) is 6.70. The van der Waals surface area contributed by atoms with E-state index in [1.165, 1.54) is 13.8 Å². The van der Waals surface area contributed by atoms with Crippen LogP contribution in [0.2, 0.25) is 0 Å². The van der Waals surface area contributed by atoms with E-state index in [2.05, 4.69) is 10.6 Å². The second-order valence-corrected chi connectivity index (χ2v) is 5.90. The van der Waals surface area contributed by atoms with E-state index < -0.39 is 35.3 Å². The number of nitrogens with one attached hydrogen (secondary N) is 2. The monoisotopic (exact) mass is 299 g/mol. The van der Waals surface area contributed by atoms with Gasteiger partial charge in [0.25, 0.3) is 5.91 Å². The summed E-state index contributed by atoms with van der Waals surface area (Å²) in [5, 5.41) is 13.7. The van der Waals surface area contributed by atoms with Gasteiger partial charge in [0.2, 0.25) is 5.91 Å². The molecule has 0 saturated carbocycles. The Morgan fingerprint density at radius 1 is 1.38 bits per heavy atom. The Bertz CT molecular complexity index is 472. The number of carbonyl (C=O) groups is 4. The average molecular weight is 299 g/mol. The Balaban J connectivity index is 2.76. The highest BCUT2D eigenvalue weighted by molar-refractivity contribution is 6.06. The number of rotatable bonds is 4. The molecular formula is C13H21N3O5. The second-order valence-electron chi connectivity index (χ2n) is 5.90. The summed E-state index contributed by atoms with van der Waals surface area (Å²) in [6.45, 7) is 6.22. The van der Waals surface area contributed by atoms with Crippen LogP contribution in [0.3, 0.4) is 0 Å². The number of hydrogen-bond donors (Lipinski definition) is 3. The van der Waals surface area contributed by atoms with Crippen molar-refractivity contribution < 1.29 is 24.3 Å². The topological polar surface area (TPSA) is 116 Å². The van der Waals surface area contributed by atoms with Gasteiger partial charge in [-0.05, 0) is 19.8 Å². The zero-order valence-electron chi connectivity index (χ0n) is 12.6. The van der Waals surface area contributed by atoms with Crippen LogP contribution in [0.25, 0.3) is 0 Å². The lowest BCUT2D eigenvalue weighted by Gasteiger charge is -2.40. The molecule has 0 bridgehead atoms. The van der Waals surface area contributed by atoms with Crippen LogP contribution in [0.1, 0.15) is 27.7 Å². The smallest absolute Gasteiger partial charge is 0.318 e. The van der Waals surface area contributed by atoms with Gasteiger partial charge in [-0.15, -0.1) is 0 Å². The van der Waals surface area contributed by atoms with Gasteiger partial charge in [0.1, 0.15) is 12.1 Å². The number of amides is 4. The summed E-state index contributed by atoms with van der Waals surface area (Å²) in [4.78, 5) is 47.5. The van der Waals surface area contributed by atoms with Gasteiger partial charge in [0.05, 0.1) is 5.92 Å². The van der Waals surface area contributed by atoms with E-state index in [9.17, 15) is 19.2 Å². The molecule has 1 unspecified atom stereocenters. The van der Waals surface area contributed by atoms with Crippen LogP contribution in [-0.4, -0.2) is 52.4 Å². The van der Waals surface area contributed by atoms with Crippen LogP contribution in [0.5, 0.6) is 0 Å². The molecule has 4 amide bonds.